The summed E-state index contributed by atoms with van der Waals surface area (Å²) in [5.41, 5.74) is 16.3. The van der Waals surface area contributed by atoms with Crippen molar-refractivity contribution in [1.29, 1.82) is 0 Å². The molecule has 1 saturated heterocycles. The molecule has 0 unspecified atom stereocenters. The Morgan fingerprint density at radius 2 is 1.92 bits per heavy atom. The van der Waals surface area contributed by atoms with Crippen LogP contribution in [-0.4, -0.2) is 28.2 Å². The van der Waals surface area contributed by atoms with E-state index in [4.69, 9.17) is 11.5 Å². The van der Waals surface area contributed by atoms with Gasteiger partial charge in [-0.15, -0.1) is 0 Å². The average Bonchev–Trinajstić information content (AvgIpc) is 2.84. The maximum absolute atomic E-state index is 9.78. The monoisotopic (exact) mass is 325 g/mol. The molecule has 6 heteroatoms. The number of nitrogens with one attached hydrogen (secondary N) is 1. The van der Waals surface area contributed by atoms with Gasteiger partial charge in [-0.05, 0) is 37.1 Å². The second-order valence-electron chi connectivity index (χ2n) is 6.81. The van der Waals surface area contributed by atoms with Crippen LogP contribution >= 0.6 is 0 Å². The molecule has 0 bridgehead atoms. The van der Waals surface area contributed by atoms with E-state index in [0.717, 1.165) is 31.6 Å². The summed E-state index contributed by atoms with van der Waals surface area (Å²) in [6, 6.07) is 8.27. The fourth-order valence-corrected chi connectivity index (χ4v) is 4.56. The SMILES string of the molecule is Nc1cnc(CO)c([C@H]2c3ccccc3[C@H](N)C23CCNCC3)n1. The van der Waals surface area contributed by atoms with Gasteiger partial charge in [-0.2, -0.15) is 0 Å². The van der Waals surface area contributed by atoms with Gasteiger partial charge in [0.05, 0.1) is 24.2 Å². The van der Waals surface area contributed by atoms with Gasteiger partial charge in [-0.1, -0.05) is 24.3 Å². The van der Waals surface area contributed by atoms with Gasteiger partial charge >= 0.3 is 0 Å². The number of nitrogen functional groups attached to an aromatic ring is 1. The van der Waals surface area contributed by atoms with Gasteiger partial charge in [-0.3, -0.25) is 4.98 Å². The third-order valence-corrected chi connectivity index (χ3v) is 5.69. The molecule has 2 aromatic rings. The van der Waals surface area contributed by atoms with E-state index in [2.05, 4.69) is 27.4 Å². The molecule has 2 heterocycles. The van der Waals surface area contributed by atoms with E-state index >= 15 is 0 Å². The predicted molar refractivity (Wildman–Crippen MR) is 92.1 cm³/mol. The van der Waals surface area contributed by atoms with Crippen LogP contribution in [0.4, 0.5) is 5.82 Å². The van der Waals surface area contributed by atoms with Crippen LogP contribution in [0.5, 0.6) is 0 Å². The molecular formula is C18H23N5O. The zero-order valence-electron chi connectivity index (χ0n) is 13.6. The van der Waals surface area contributed by atoms with Crippen LogP contribution in [0.15, 0.2) is 30.5 Å². The minimum atomic E-state index is -0.148. The van der Waals surface area contributed by atoms with Gasteiger partial charge in [0.1, 0.15) is 5.82 Å². The molecule has 1 aliphatic heterocycles. The van der Waals surface area contributed by atoms with Crippen molar-refractivity contribution in [2.75, 3.05) is 18.8 Å². The lowest BCUT2D eigenvalue weighted by Gasteiger charge is -2.42. The van der Waals surface area contributed by atoms with Crippen molar-refractivity contribution < 1.29 is 5.11 Å². The number of aromatic nitrogens is 2. The van der Waals surface area contributed by atoms with Crippen LogP contribution in [0.2, 0.25) is 0 Å². The maximum atomic E-state index is 9.78. The molecule has 1 spiro atoms. The summed E-state index contributed by atoms with van der Waals surface area (Å²) in [6.45, 7) is 1.72. The van der Waals surface area contributed by atoms with Crippen molar-refractivity contribution in [3.8, 4) is 0 Å². The molecule has 2 aliphatic rings. The van der Waals surface area contributed by atoms with Crippen LogP contribution in [0, 0.1) is 5.41 Å². The Bertz CT molecular complexity index is 757. The Hall–Kier alpha value is -2.02. The normalized spacial score (nSPS) is 24.9. The van der Waals surface area contributed by atoms with E-state index < -0.39 is 0 Å². The van der Waals surface area contributed by atoms with Crippen LogP contribution in [0.3, 0.4) is 0 Å². The molecule has 0 radical (unpaired) electrons. The first-order valence-corrected chi connectivity index (χ1v) is 8.44. The number of nitrogens with two attached hydrogens (primary N) is 2. The zero-order chi connectivity index (χ0) is 16.7. The van der Waals surface area contributed by atoms with E-state index in [-0.39, 0.29) is 24.0 Å². The molecule has 0 amide bonds. The molecule has 4 rings (SSSR count). The first-order valence-electron chi connectivity index (χ1n) is 8.44. The van der Waals surface area contributed by atoms with E-state index in [1.54, 1.807) is 0 Å². The van der Waals surface area contributed by atoms with Gasteiger partial charge in [0.25, 0.3) is 0 Å². The Morgan fingerprint density at radius 1 is 1.21 bits per heavy atom. The van der Waals surface area contributed by atoms with Crippen LogP contribution in [-0.2, 0) is 6.61 Å². The molecule has 0 saturated carbocycles. The first-order chi connectivity index (χ1) is 11.7. The number of piperidine rings is 1. The van der Waals surface area contributed by atoms with Crippen molar-refractivity contribution in [1.82, 2.24) is 15.3 Å². The van der Waals surface area contributed by atoms with E-state index in [1.165, 1.54) is 17.3 Å². The number of hydrogen-bond donors (Lipinski definition) is 4. The fourth-order valence-electron chi connectivity index (χ4n) is 4.56. The summed E-state index contributed by atoms with van der Waals surface area (Å²) in [7, 11) is 0. The van der Waals surface area contributed by atoms with Gasteiger partial charge < -0.3 is 21.9 Å². The van der Waals surface area contributed by atoms with Gasteiger partial charge in [-0.25, -0.2) is 4.98 Å². The molecule has 1 aromatic carbocycles. The van der Waals surface area contributed by atoms with Crippen molar-refractivity contribution in [3.63, 3.8) is 0 Å². The topological polar surface area (TPSA) is 110 Å². The lowest BCUT2D eigenvalue weighted by atomic mass is 9.66. The highest BCUT2D eigenvalue weighted by Gasteiger charge is 2.53. The molecule has 6 nitrogen and oxygen atoms in total. The van der Waals surface area contributed by atoms with Gasteiger partial charge in [0.15, 0.2) is 0 Å². The molecule has 2 atom stereocenters. The van der Waals surface area contributed by atoms with Crippen molar-refractivity contribution >= 4 is 5.82 Å². The minimum absolute atomic E-state index is 0.0175. The second-order valence-corrected chi connectivity index (χ2v) is 6.81. The molecule has 1 aromatic heterocycles. The van der Waals surface area contributed by atoms with Crippen molar-refractivity contribution in [2.24, 2.45) is 11.1 Å². The third kappa shape index (κ3) is 2.14. The van der Waals surface area contributed by atoms with E-state index in [9.17, 15) is 5.11 Å². The van der Waals surface area contributed by atoms with Crippen LogP contribution in [0.1, 0.15) is 47.3 Å². The molecule has 24 heavy (non-hydrogen) atoms. The number of rotatable bonds is 2. The molecular weight excluding hydrogens is 302 g/mol. The molecule has 126 valence electrons. The van der Waals surface area contributed by atoms with Crippen LogP contribution in [0.25, 0.3) is 0 Å². The summed E-state index contributed by atoms with van der Waals surface area (Å²) in [5, 5.41) is 13.2. The number of anilines is 1. The minimum Gasteiger partial charge on any atom is -0.390 e. The predicted octanol–water partition coefficient (Wildman–Crippen LogP) is 1.07. The molecule has 1 fully saturated rings. The number of fused-ring (bicyclic) bond motifs is 1. The number of hydrogen-bond acceptors (Lipinski definition) is 6. The highest BCUT2D eigenvalue weighted by molar-refractivity contribution is 5.49. The van der Waals surface area contributed by atoms with E-state index in [1.807, 2.05) is 12.1 Å². The largest absolute Gasteiger partial charge is 0.390 e. The smallest absolute Gasteiger partial charge is 0.142 e. The Morgan fingerprint density at radius 3 is 2.62 bits per heavy atom. The van der Waals surface area contributed by atoms with Crippen molar-refractivity contribution in [2.45, 2.75) is 31.4 Å². The van der Waals surface area contributed by atoms with Crippen molar-refractivity contribution in [3.05, 3.63) is 53.0 Å². The zero-order valence-corrected chi connectivity index (χ0v) is 13.6. The van der Waals surface area contributed by atoms with Gasteiger partial charge in [0.2, 0.25) is 0 Å². The third-order valence-electron chi connectivity index (χ3n) is 5.69. The lowest BCUT2D eigenvalue weighted by Crippen LogP contribution is -2.44. The standard InChI is InChI=1S/C18H23N5O/c19-14-9-22-13(10-24)16(23-14)15-11-3-1-2-4-12(11)17(20)18(15)5-7-21-8-6-18/h1-4,9,15,17,21,24H,5-8,10,20H2,(H2,19,23)/t15-,17+/m1/s1. The summed E-state index contributed by atoms with van der Waals surface area (Å²) in [5.74, 6) is 0.396. The Balaban J connectivity index is 1.95. The average molecular weight is 325 g/mol. The fraction of sp³-hybridized carbons (Fsp3) is 0.444. The lowest BCUT2D eigenvalue weighted by molar-refractivity contribution is 0.147. The summed E-state index contributed by atoms with van der Waals surface area (Å²) < 4.78 is 0. The maximum Gasteiger partial charge on any atom is 0.142 e. The number of benzene rings is 1. The number of aliphatic hydroxyl groups is 1. The molecule has 1 aliphatic carbocycles. The highest BCUT2D eigenvalue weighted by atomic mass is 16.3. The molecule has 6 N–H and O–H groups in total. The summed E-state index contributed by atoms with van der Waals surface area (Å²) in [6.07, 6.45) is 3.44. The van der Waals surface area contributed by atoms with E-state index in [0.29, 0.717) is 11.5 Å². The summed E-state index contributed by atoms with van der Waals surface area (Å²) >= 11 is 0. The number of nitrogens with zero attached hydrogens (tertiary/aromatic N) is 2. The highest BCUT2D eigenvalue weighted by Crippen LogP contribution is 2.60. The summed E-state index contributed by atoms with van der Waals surface area (Å²) in [4.78, 5) is 8.91. The Labute approximate surface area is 141 Å². The second kappa shape index (κ2) is 5.81. The number of aliphatic hydroxyl groups excluding tert-OH is 1. The Kier molecular flexibility index (Phi) is 3.75. The van der Waals surface area contributed by atoms with Crippen LogP contribution < -0.4 is 16.8 Å². The van der Waals surface area contributed by atoms with Gasteiger partial charge in [0, 0.05) is 17.4 Å². The first kappa shape index (κ1) is 15.5. The quantitative estimate of drug-likeness (QED) is 0.657.